The fourth-order valence-electron chi connectivity index (χ4n) is 8.24. The molecule has 6 heteroatoms. The number of allylic oxidation sites excluding steroid dienone is 6. The maximum atomic E-state index is 12.8. The zero-order valence-corrected chi connectivity index (χ0v) is 43.5. The Morgan fingerprint density at radius 1 is 0.292 bits per heavy atom. The molecule has 0 amide bonds. The molecule has 0 aliphatic heterocycles. The lowest BCUT2D eigenvalue weighted by molar-refractivity contribution is -0.167. The molecule has 0 aromatic rings. The Kier molecular flexibility index (Phi) is 52.3. The topological polar surface area (TPSA) is 78.9 Å². The third-order valence-electron chi connectivity index (χ3n) is 12.6. The molecule has 380 valence electrons. The van der Waals surface area contributed by atoms with E-state index < -0.39 is 6.10 Å². The molecule has 0 rings (SSSR count). The zero-order chi connectivity index (χ0) is 47.2. The molecule has 0 heterocycles. The number of hydrogen-bond acceptors (Lipinski definition) is 6. The molecule has 0 aromatic carbocycles. The molecule has 0 saturated heterocycles. The number of carbonyl (C=O) groups excluding carboxylic acids is 3. The van der Waals surface area contributed by atoms with Crippen molar-refractivity contribution in [1.29, 1.82) is 0 Å². The third-order valence-corrected chi connectivity index (χ3v) is 12.6. The van der Waals surface area contributed by atoms with E-state index in [4.69, 9.17) is 14.2 Å². The highest BCUT2D eigenvalue weighted by molar-refractivity contribution is 5.71. The molecule has 0 radical (unpaired) electrons. The van der Waals surface area contributed by atoms with Crippen LogP contribution in [0.2, 0.25) is 0 Å². The molecule has 0 unspecified atom stereocenters. The van der Waals surface area contributed by atoms with Crippen LogP contribution in [-0.4, -0.2) is 37.2 Å². The lowest BCUT2D eigenvalue weighted by atomic mass is 10.0. The van der Waals surface area contributed by atoms with Crippen molar-refractivity contribution in [3.05, 3.63) is 36.5 Å². The maximum Gasteiger partial charge on any atom is 0.306 e. The van der Waals surface area contributed by atoms with Crippen LogP contribution >= 0.6 is 0 Å². The lowest BCUT2D eigenvalue weighted by Gasteiger charge is -2.18. The van der Waals surface area contributed by atoms with Crippen LogP contribution in [0.25, 0.3) is 0 Å². The highest BCUT2D eigenvalue weighted by atomic mass is 16.6. The van der Waals surface area contributed by atoms with E-state index in [0.717, 1.165) is 64.2 Å². The third kappa shape index (κ3) is 52.5. The van der Waals surface area contributed by atoms with Gasteiger partial charge in [0.05, 0.1) is 0 Å². The first kappa shape index (κ1) is 62.6. The normalized spacial score (nSPS) is 12.2. The van der Waals surface area contributed by atoms with E-state index in [0.29, 0.717) is 19.3 Å². The molecule has 0 spiro atoms. The molecule has 0 fully saturated rings. The van der Waals surface area contributed by atoms with Crippen LogP contribution in [0.15, 0.2) is 36.5 Å². The van der Waals surface area contributed by atoms with Crippen molar-refractivity contribution < 1.29 is 28.6 Å². The number of rotatable bonds is 52. The van der Waals surface area contributed by atoms with Gasteiger partial charge in [-0.05, 0) is 89.9 Å². The summed E-state index contributed by atoms with van der Waals surface area (Å²) in [4.78, 5) is 38.1. The molecule has 0 saturated carbocycles. The number of unbranched alkanes of at least 4 members (excludes halogenated alkanes) is 35. The predicted molar refractivity (Wildman–Crippen MR) is 279 cm³/mol. The highest BCUT2D eigenvalue weighted by Gasteiger charge is 2.19. The van der Waals surface area contributed by atoms with Crippen LogP contribution in [-0.2, 0) is 28.6 Å². The van der Waals surface area contributed by atoms with Crippen molar-refractivity contribution in [2.45, 2.75) is 309 Å². The molecule has 65 heavy (non-hydrogen) atoms. The Bertz CT molecular complexity index is 1090. The molecular formula is C59H108O6. The van der Waals surface area contributed by atoms with Gasteiger partial charge in [0, 0.05) is 19.3 Å². The van der Waals surface area contributed by atoms with Gasteiger partial charge in [0.1, 0.15) is 13.2 Å². The molecule has 0 N–H and O–H groups in total. The molecule has 1 atom stereocenters. The van der Waals surface area contributed by atoms with Gasteiger partial charge < -0.3 is 14.2 Å². The van der Waals surface area contributed by atoms with Gasteiger partial charge in [-0.3, -0.25) is 14.4 Å². The fraction of sp³-hybridized carbons (Fsp3) is 0.847. The first-order valence-corrected chi connectivity index (χ1v) is 28.5. The maximum absolute atomic E-state index is 12.8. The zero-order valence-electron chi connectivity index (χ0n) is 43.5. The van der Waals surface area contributed by atoms with E-state index in [1.165, 1.54) is 199 Å². The summed E-state index contributed by atoms with van der Waals surface area (Å²) in [5, 5.41) is 0. The van der Waals surface area contributed by atoms with Crippen LogP contribution in [0.1, 0.15) is 303 Å². The van der Waals surface area contributed by atoms with Crippen molar-refractivity contribution in [2.75, 3.05) is 13.2 Å². The molecule has 0 aliphatic rings. The van der Waals surface area contributed by atoms with E-state index in [2.05, 4.69) is 57.2 Å². The SMILES string of the molecule is CCCC/C=C\CCCCCCCC(=O)OC[C@@H](COC(=O)CCCCCCCCCCCCC/C=C\CCCCCCCC)OC(=O)CCCCCCCCC/C=C\CCCCCC. The lowest BCUT2D eigenvalue weighted by Crippen LogP contribution is -2.30. The van der Waals surface area contributed by atoms with Crippen molar-refractivity contribution in [2.24, 2.45) is 0 Å². The van der Waals surface area contributed by atoms with E-state index >= 15 is 0 Å². The van der Waals surface area contributed by atoms with Crippen LogP contribution in [0.5, 0.6) is 0 Å². The summed E-state index contributed by atoms with van der Waals surface area (Å²) < 4.78 is 16.8. The average Bonchev–Trinajstić information content (AvgIpc) is 3.30. The Hall–Kier alpha value is -2.37. The Labute approximate surface area is 404 Å². The van der Waals surface area contributed by atoms with Crippen molar-refractivity contribution in [3.8, 4) is 0 Å². The van der Waals surface area contributed by atoms with Crippen molar-refractivity contribution in [3.63, 3.8) is 0 Å². The van der Waals surface area contributed by atoms with Gasteiger partial charge in [-0.25, -0.2) is 0 Å². The Morgan fingerprint density at radius 3 is 0.831 bits per heavy atom. The van der Waals surface area contributed by atoms with Crippen LogP contribution in [0.4, 0.5) is 0 Å². The summed E-state index contributed by atoms with van der Waals surface area (Å²) in [6.07, 6.45) is 64.2. The second-order valence-corrected chi connectivity index (χ2v) is 19.2. The minimum atomic E-state index is -0.775. The van der Waals surface area contributed by atoms with E-state index in [1.807, 2.05) is 0 Å². The quantitative estimate of drug-likeness (QED) is 0.0262. The van der Waals surface area contributed by atoms with Crippen molar-refractivity contribution >= 4 is 17.9 Å². The summed E-state index contributed by atoms with van der Waals surface area (Å²) in [7, 11) is 0. The van der Waals surface area contributed by atoms with E-state index in [1.54, 1.807) is 0 Å². The second kappa shape index (κ2) is 54.2. The monoisotopic (exact) mass is 913 g/mol. The Morgan fingerprint density at radius 2 is 0.523 bits per heavy atom. The number of hydrogen-bond donors (Lipinski definition) is 0. The number of carbonyl (C=O) groups is 3. The summed E-state index contributed by atoms with van der Waals surface area (Å²) in [6.45, 7) is 6.60. The van der Waals surface area contributed by atoms with E-state index in [9.17, 15) is 14.4 Å². The minimum Gasteiger partial charge on any atom is -0.462 e. The van der Waals surface area contributed by atoms with Crippen LogP contribution < -0.4 is 0 Å². The van der Waals surface area contributed by atoms with Gasteiger partial charge in [-0.1, -0.05) is 231 Å². The number of esters is 3. The first-order chi connectivity index (χ1) is 32.0. The van der Waals surface area contributed by atoms with E-state index in [-0.39, 0.29) is 31.1 Å². The Balaban J connectivity index is 4.27. The largest absolute Gasteiger partial charge is 0.462 e. The summed E-state index contributed by atoms with van der Waals surface area (Å²) in [6, 6.07) is 0. The molecule has 0 bridgehead atoms. The van der Waals surface area contributed by atoms with Gasteiger partial charge in [-0.2, -0.15) is 0 Å². The van der Waals surface area contributed by atoms with Gasteiger partial charge in [-0.15, -0.1) is 0 Å². The summed E-state index contributed by atoms with van der Waals surface area (Å²) in [5.41, 5.74) is 0. The van der Waals surface area contributed by atoms with Crippen LogP contribution in [0.3, 0.4) is 0 Å². The van der Waals surface area contributed by atoms with Gasteiger partial charge in [0.2, 0.25) is 0 Å². The second-order valence-electron chi connectivity index (χ2n) is 19.2. The van der Waals surface area contributed by atoms with Gasteiger partial charge >= 0.3 is 17.9 Å². The summed E-state index contributed by atoms with van der Waals surface area (Å²) in [5.74, 6) is -0.877. The first-order valence-electron chi connectivity index (χ1n) is 28.5. The molecule has 0 aliphatic carbocycles. The smallest absolute Gasteiger partial charge is 0.306 e. The molecule has 6 nitrogen and oxygen atoms in total. The standard InChI is InChI=1S/C59H108O6/c1-4-7-10-13-16-19-22-24-26-27-28-29-30-31-33-34-37-40-43-46-49-52-58(61)64-55-56(54-63-57(60)51-48-45-42-39-36-21-18-15-12-9-6-3)65-59(62)53-50-47-44-41-38-35-32-25-23-20-17-14-11-8-5-2/h15,18,20,23-24,26,56H,4-14,16-17,19,21-22,25,27-55H2,1-3H3/b18-15-,23-20-,26-24-/t56-/m0/s1. The highest BCUT2D eigenvalue weighted by Crippen LogP contribution is 2.16. The average molecular weight is 914 g/mol. The summed E-state index contributed by atoms with van der Waals surface area (Å²) >= 11 is 0. The van der Waals surface area contributed by atoms with Gasteiger partial charge in [0.15, 0.2) is 6.10 Å². The molecule has 0 aromatic heterocycles. The minimum absolute atomic E-state index is 0.0747. The predicted octanol–water partition coefficient (Wildman–Crippen LogP) is 18.9. The van der Waals surface area contributed by atoms with Gasteiger partial charge in [0.25, 0.3) is 0 Å². The van der Waals surface area contributed by atoms with Crippen molar-refractivity contribution in [1.82, 2.24) is 0 Å². The van der Waals surface area contributed by atoms with Crippen LogP contribution in [0, 0.1) is 0 Å². The molecular weight excluding hydrogens is 805 g/mol. The number of ether oxygens (including phenoxy) is 3. The fourth-order valence-corrected chi connectivity index (χ4v) is 8.24.